The molecule has 0 radical (unpaired) electrons. The molecule has 158 valence electrons. The van der Waals surface area contributed by atoms with E-state index in [1.165, 1.54) is 0 Å². The van der Waals surface area contributed by atoms with Crippen LogP contribution >= 0.6 is 11.6 Å². The number of hydrogen-bond donors (Lipinski definition) is 1. The van der Waals surface area contributed by atoms with Crippen LogP contribution in [0.2, 0.25) is 5.02 Å². The van der Waals surface area contributed by atoms with Gasteiger partial charge in [0.05, 0.1) is 23.8 Å². The molecule has 2 aliphatic rings. The van der Waals surface area contributed by atoms with Crippen LogP contribution in [0.1, 0.15) is 54.0 Å². The van der Waals surface area contributed by atoms with Gasteiger partial charge in [-0.2, -0.15) is 0 Å². The molecule has 0 unspecified atom stereocenters. The number of nitrogens with zero attached hydrogens (tertiary/aromatic N) is 1. The van der Waals surface area contributed by atoms with Crippen LogP contribution in [0.4, 0.5) is 5.88 Å². The van der Waals surface area contributed by atoms with Gasteiger partial charge in [-0.3, -0.25) is 4.79 Å². The number of para-hydroxylation sites is 1. The molecule has 5 rings (SSSR count). The molecule has 1 aliphatic heterocycles. The minimum atomic E-state index is -0.265. The largest absolute Gasteiger partial charge is 0.494 e. The normalized spacial score (nSPS) is 20.2. The zero-order chi connectivity index (χ0) is 21.5. The highest BCUT2D eigenvalue weighted by Crippen LogP contribution is 2.50. The summed E-state index contributed by atoms with van der Waals surface area (Å²) in [6.07, 6.45) is 1.17. The van der Waals surface area contributed by atoms with E-state index < -0.39 is 0 Å². The first-order valence-corrected chi connectivity index (χ1v) is 10.9. The first-order valence-electron chi connectivity index (χ1n) is 10.5. The molecule has 0 spiro atoms. The van der Waals surface area contributed by atoms with Crippen LogP contribution in [0, 0.1) is 6.92 Å². The van der Waals surface area contributed by atoms with E-state index in [0.717, 1.165) is 45.8 Å². The second kappa shape index (κ2) is 7.89. The molecule has 2 atom stereocenters. The van der Waals surface area contributed by atoms with E-state index in [1.54, 1.807) is 0 Å². The SMILES string of the molecule is CCOc1ccccc1[C@@H]1C2=C(C[C@H](c3ccc(Cl)cc3)CC2=O)Nc2onc(C)c21. The maximum absolute atomic E-state index is 13.6. The Bertz CT molecular complexity index is 1180. The molecule has 1 aromatic heterocycles. The molecule has 5 nitrogen and oxygen atoms in total. The summed E-state index contributed by atoms with van der Waals surface area (Å²) in [7, 11) is 0. The topological polar surface area (TPSA) is 64.4 Å². The summed E-state index contributed by atoms with van der Waals surface area (Å²) in [5.74, 6) is 1.35. The second-order valence-electron chi connectivity index (χ2n) is 8.01. The number of aryl methyl sites for hydroxylation is 1. The molecular formula is C25H23ClN2O3. The van der Waals surface area contributed by atoms with Crippen LogP contribution in [-0.2, 0) is 4.79 Å². The number of aromatic nitrogens is 1. The van der Waals surface area contributed by atoms with Gasteiger partial charge in [-0.25, -0.2) is 0 Å². The first kappa shape index (κ1) is 19.9. The van der Waals surface area contributed by atoms with E-state index >= 15 is 0 Å². The van der Waals surface area contributed by atoms with Crippen molar-refractivity contribution in [3.63, 3.8) is 0 Å². The van der Waals surface area contributed by atoms with Gasteiger partial charge in [0.25, 0.3) is 0 Å². The summed E-state index contributed by atoms with van der Waals surface area (Å²) < 4.78 is 11.5. The van der Waals surface area contributed by atoms with Crippen molar-refractivity contribution in [2.24, 2.45) is 0 Å². The molecule has 0 bridgehead atoms. The Morgan fingerprint density at radius 1 is 1.16 bits per heavy atom. The zero-order valence-corrected chi connectivity index (χ0v) is 18.2. The molecule has 31 heavy (non-hydrogen) atoms. The van der Waals surface area contributed by atoms with E-state index in [9.17, 15) is 4.79 Å². The summed E-state index contributed by atoms with van der Waals surface area (Å²) in [4.78, 5) is 13.6. The van der Waals surface area contributed by atoms with Crippen LogP contribution in [0.25, 0.3) is 0 Å². The lowest BCUT2D eigenvalue weighted by molar-refractivity contribution is -0.116. The third-order valence-electron chi connectivity index (χ3n) is 6.13. The molecular weight excluding hydrogens is 412 g/mol. The fourth-order valence-electron chi connectivity index (χ4n) is 4.76. The lowest BCUT2D eigenvalue weighted by atomic mass is 9.72. The number of benzene rings is 2. The maximum Gasteiger partial charge on any atom is 0.233 e. The van der Waals surface area contributed by atoms with Gasteiger partial charge in [0.2, 0.25) is 5.88 Å². The Morgan fingerprint density at radius 2 is 1.94 bits per heavy atom. The predicted molar refractivity (Wildman–Crippen MR) is 120 cm³/mol. The van der Waals surface area contributed by atoms with Gasteiger partial charge in [0.1, 0.15) is 5.75 Å². The van der Waals surface area contributed by atoms with Crippen molar-refractivity contribution in [1.29, 1.82) is 0 Å². The number of carbonyl (C=O) groups excluding carboxylic acids is 1. The first-order chi connectivity index (χ1) is 15.1. The van der Waals surface area contributed by atoms with Crippen molar-refractivity contribution < 1.29 is 14.1 Å². The summed E-state index contributed by atoms with van der Waals surface area (Å²) in [6, 6.07) is 15.7. The van der Waals surface area contributed by atoms with Gasteiger partial charge in [0.15, 0.2) is 5.78 Å². The molecule has 0 fully saturated rings. The molecule has 0 amide bonds. The lowest BCUT2D eigenvalue weighted by Gasteiger charge is -2.35. The average Bonchev–Trinajstić information content (AvgIpc) is 3.14. The highest BCUT2D eigenvalue weighted by Gasteiger charge is 2.42. The highest BCUT2D eigenvalue weighted by molar-refractivity contribution is 6.30. The van der Waals surface area contributed by atoms with Gasteiger partial charge >= 0.3 is 0 Å². The Kier molecular flexibility index (Phi) is 5.06. The van der Waals surface area contributed by atoms with Crippen molar-refractivity contribution in [2.45, 2.75) is 38.5 Å². The van der Waals surface area contributed by atoms with E-state index in [-0.39, 0.29) is 17.6 Å². The number of nitrogens with one attached hydrogen (secondary N) is 1. The van der Waals surface area contributed by atoms with E-state index in [1.807, 2.05) is 62.4 Å². The maximum atomic E-state index is 13.6. The number of allylic oxidation sites excluding steroid dienone is 2. The van der Waals surface area contributed by atoms with Crippen LogP contribution in [0.5, 0.6) is 5.75 Å². The van der Waals surface area contributed by atoms with Crippen molar-refractivity contribution in [3.05, 3.63) is 87.2 Å². The summed E-state index contributed by atoms with van der Waals surface area (Å²) in [5, 5.41) is 8.25. The zero-order valence-electron chi connectivity index (χ0n) is 17.4. The van der Waals surface area contributed by atoms with E-state index in [0.29, 0.717) is 23.9 Å². The summed E-state index contributed by atoms with van der Waals surface area (Å²) in [5.41, 5.74) is 5.44. The molecule has 2 heterocycles. The van der Waals surface area contributed by atoms with Crippen molar-refractivity contribution >= 4 is 23.3 Å². The number of rotatable bonds is 4. The standard InChI is InChI=1S/C25H23ClN2O3/c1-3-30-21-7-5-4-6-18(21)23-22-14(2)28-31-25(22)27-19-12-16(13-20(29)24(19)23)15-8-10-17(26)11-9-15/h4-11,16,23,27H,3,12-13H2,1-2H3/t16-,23-/m0/s1. The summed E-state index contributed by atoms with van der Waals surface area (Å²) in [6.45, 7) is 4.42. The number of fused-ring (bicyclic) bond motifs is 1. The number of halogens is 1. The van der Waals surface area contributed by atoms with Crippen LogP contribution < -0.4 is 10.1 Å². The average molecular weight is 435 g/mol. The fourth-order valence-corrected chi connectivity index (χ4v) is 4.89. The van der Waals surface area contributed by atoms with Crippen LogP contribution in [-0.4, -0.2) is 17.5 Å². The lowest BCUT2D eigenvalue weighted by Crippen LogP contribution is -2.29. The van der Waals surface area contributed by atoms with E-state index in [2.05, 4.69) is 10.5 Å². The minimum absolute atomic E-state index is 0.0874. The van der Waals surface area contributed by atoms with Gasteiger partial charge in [-0.15, -0.1) is 0 Å². The fraction of sp³-hybridized carbons (Fsp3) is 0.280. The number of hydrogen-bond acceptors (Lipinski definition) is 5. The Morgan fingerprint density at radius 3 is 2.71 bits per heavy atom. The van der Waals surface area contributed by atoms with Crippen molar-refractivity contribution in [1.82, 2.24) is 5.16 Å². The molecule has 0 saturated carbocycles. The van der Waals surface area contributed by atoms with Gasteiger partial charge < -0.3 is 14.6 Å². The smallest absolute Gasteiger partial charge is 0.233 e. The number of Topliss-reactive ketones (excluding diaryl/α,β-unsaturated/α-hetero) is 1. The molecule has 3 aromatic rings. The number of anilines is 1. The molecule has 6 heteroatoms. The predicted octanol–water partition coefficient (Wildman–Crippen LogP) is 5.99. The molecule has 1 aliphatic carbocycles. The summed E-state index contributed by atoms with van der Waals surface area (Å²) >= 11 is 6.06. The van der Waals surface area contributed by atoms with Gasteiger partial charge in [-0.1, -0.05) is 47.1 Å². The molecule has 2 aromatic carbocycles. The molecule has 1 N–H and O–H groups in total. The second-order valence-corrected chi connectivity index (χ2v) is 8.45. The van der Waals surface area contributed by atoms with E-state index in [4.69, 9.17) is 20.9 Å². The Labute approximate surface area is 186 Å². The Balaban J connectivity index is 1.63. The monoisotopic (exact) mass is 434 g/mol. The highest BCUT2D eigenvalue weighted by atomic mass is 35.5. The number of ether oxygens (including phenoxy) is 1. The quantitative estimate of drug-likeness (QED) is 0.546. The third kappa shape index (κ3) is 3.43. The third-order valence-corrected chi connectivity index (χ3v) is 6.38. The molecule has 0 saturated heterocycles. The van der Waals surface area contributed by atoms with Gasteiger partial charge in [0, 0.05) is 28.3 Å². The number of carbonyl (C=O) groups is 1. The number of ketones is 1. The van der Waals surface area contributed by atoms with Crippen LogP contribution in [0.3, 0.4) is 0 Å². The van der Waals surface area contributed by atoms with Crippen molar-refractivity contribution in [2.75, 3.05) is 11.9 Å². The minimum Gasteiger partial charge on any atom is -0.494 e. The Hall–Kier alpha value is -3.05. The van der Waals surface area contributed by atoms with Crippen molar-refractivity contribution in [3.8, 4) is 5.75 Å². The van der Waals surface area contributed by atoms with Gasteiger partial charge in [-0.05, 0) is 49.9 Å². The van der Waals surface area contributed by atoms with Crippen LogP contribution in [0.15, 0.2) is 64.3 Å².